The van der Waals surface area contributed by atoms with Gasteiger partial charge in [-0.25, -0.2) is 0 Å². The van der Waals surface area contributed by atoms with E-state index in [1.165, 1.54) is 5.56 Å². The summed E-state index contributed by atoms with van der Waals surface area (Å²) in [6, 6.07) is 10.2. The number of benzene rings is 1. The van der Waals surface area contributed by atoms with Crippen molar-refractivity contribution in [2.75, 3.05) is 0 Å². The highest BCUT2D eigenvalue weighted by Crippen LogP contribution is 2.08. The number of hydrogen-bond donors (Lipinski definition) is 0. The molecule has 0 unspecified atom stereocenters. The van der Waals surface area contributed by atoms with Crippen molar-refractivity contribution in [2.45, 2.75) is 12.8 Å². The van der Waals surface area contributed by atoms with E-state index in [0.717, 1.165) is 24.8 Å². The van der Waals surface area contributed by atoms with Gasteiger partial charge in [0.25, 0.3) is 0 Å². The standard InChI is InChI=1S/C13H14N2O/c1-15-9-12(10-16)13(14-15)8-7-11-5-3-2-4-6-11/h2-6,9-10H,7-8H2,1H3. The zero-order valence-corrected chi connectivity index (χ0v) is 9.26. The average Bonchev–Trinajstić information content (AvgIpc) is 2.68. The monoisotopic (exact) mass is 214 g/mol. The summed E-state index contributed by atoms with van der Waals surface area (Å²) < 4.78 is 1.68. The Labute approximate surface area is 94.7 Å². The first-order valence-electron chi connectivity index (χ1n) is 5.31. The van der Waals surface area contributed by atoms with Crippen LogP contribution in [0.25, 0.3) is 0 Å². The number of aromatic nitrogens is 2. The Morgan fingerprint density at radius 3 is 2.69 bits per heavy atom. The predicted octanol–water partition coefficient (Wildman–Crippen LogP) is 2.02. The van der Waals surface area contributed by atoms with Crippen LogP contribution in [0.1, 0.15) is 21.6 Å². The second-order valence-electron chi connectivity index (χ2n) is 3.81. The Morgan fingerprint density at radius 1 is 1.25 bits per heavy atom. The molecule has 16 heavy (non-hydrogen) atoms. The number of aldehydes is 1. The van der Waals surface area contributed by atoms with E-state index >= 15 is 0 Å². The molecule has 0 aliphatic heterocycles. The lowest BCUT2D eigenvalue weighted by Crippen LogP contribution is -1.96. The molecule has 0 aliphatic rings. The first kappa shape index (κ1) is 10.6. The van der Waals surface area contributed by atoms with Crippen LogP contribution in [0.4, 0.5) is 0 Å². The molecule has 0 radical (unpaired) electrons. The largest absolute Gasteiger partial charge is 0.298 e. The van der Waals surface area contributed by atoms with Crippen LogP contribution in [-0.4, -0.2) is 16.1 Å². The lowest BCUT2D eigenvalue weighted by atomic mass is 10.1. The van der Waals surface area contributed by atoms with E-state index in [-0.39, 0.29) is 0 Å². The van der Waals surface area contributed by atoms with Gasteiger partial charge in [0.05, 0.1) is 11.3 Å². The molecule has 0 fully saturated rings. The van der Waals surface area contributed by atoms with Gasteiger partial charge in [-0.1, -0.05) is 30.3 Å². The molecule has 0 N–H and O–H groups in total. The number of aryl methyl sites for hydroxylation is 3. The van der Waals surface area contributed by atoms with E-state index in [2.05, 4.69) is 17.2 Å². The maximum atomic E-state index is 10.8. The minimum atomic E-state index is 0.693. The number of nitrogens with zero attached hydrogens (tertiary/aromatic N) is 2. The van der Waals surface area contributed by atoms with Gasteiger partial charge in [0.15, 0.2) is 6.29 Å². The smallest absolute Gasteiger partial charge is 0.153 e. The van der Waals surface area contributed by atoms with Gasteiger partial charge in [-0.2, -0.15) is 5.10 Å². The van der Waals surface area contributed by atoms with E-state index in [1.807, 2.05) is 25.2 Å². The molecule has 1 aromatic heterocycles. The Balaban J connectivity index is 2.07. The Hall–Kier alpha value is -1.90. The molecule has 0 saturated heterocycles. The molecule has 0 spiro atoms. The highest BCUT2D eigenvalue weighted by atomic mass is 16.1. The van der Waals surface area contributed by atoms with Crippen LogP contribution in [0.3, 0.4) is 0 Å². The molecule has 1 heterocycles. The zero-order chi connectivity index (χ0) is 11.4. The van der Waals surface area contributed by atoms with Crippen molar-refractivity contribution in [3.8, 4) is 0 Å². The van der Waals surface area contributed by atoms with Crippen LogP contribution in [0.2, 0.25) is 0 Å². The number of carbonyl (C=O) groups excluding carboxylic acids is 1. The van der Waals surface area contributed by atoms with Crippen LogP contribution >= 0.6 is 0 Å². The second-order valence-corrected chi connectivity index (χ2v) is 3.81. The number of rotatable bonds is 4. The Bertz CT molecular complexity index is 474. The summed E-state index contributed by atoms with van der Waals surface area (Å²) in [6.45, 7) is 0. The van der Waals surface area contributed by atoms with Crippen molar-refractivity contribution in [3.05, 3.63) is 53.3 Å². The van der Waals surface area contributed by atoms with Crippen molar-refractivity contribution in [1.82, 2.24) is 9.78 Å². The van der Waals surface area contributed by atoms with Crippen LogP contribution < -0.4 is 0 Å². The average molecular weight is 214 g/mol. The zero-order valence-electron chi connectivity index (χ0n) is 9.26. The topological polar surface area (TPSA) is 34.9 Å². The molecule has 3 nitrogen and oxygen atoms in total. The fraction of sp³-hybridized carbons (Fsp3) is 0.231. The van der Waals surface area contributed by atoms with Crippen molar-refractivity contribution < 1.29 is 4.79 Å². The van der Waals surface area contributed by atoms with Crippen LogP contribution in [0.5, 0.6) is 0 Å². The molecule has 2 rings (SSSR count). The van der Waals surface area contributed by atoms with E-state index in [9.17, 15) is 4.79 Å². The fourth-order valence-electron chi connectivity index (χ4n) is 1.75. The van der Waals surface area contributed by atoms with Gasteiger partial charge in [-0.3, -0.25) is 9.48 Å². The third-order valence-corrected chi connectivity index (χ3v) is 2.56. The molecule has 0 amide bonds. The first-order valence-corrected chi connectivity index (χ1v) is 5.31. The fourth-order valence-corrected chi connectivity index (χ4v) is 1.75. The van der Waals surface area contributed by atoms with E-state index < -0.39 is 0 Å². The number of carbonyl (C=O) groups is 1. The summed E-state index contributed by atoms with van der Waals surface area (Å²) in [5.74, 6) is 0. The van der Waals surface area contributed by atoms with E-state index in [1.54, 1.807) is 10.9 Å². The lowest BCUT2D eigenvalue weighted by molar-refractivity contribution is 0.112. The Kier molecular flexibility index (Phi) is 3.15. The summed E-state index contributed by atoms with van der Waals surface area (Å²) in [7, 11) is 1.83. The van der Waals surface area contributed by atoms with Gasteiger partial charge in [-0.15, -0.1) is 0 Å². The van der Waals surface area contributed by atoms with Gasteiger partial charge in [0.1, 0.15) is 0 Å². The quantitative estimate of drug-likeness (QED) is 0.730. The third kappa shape index (κ3) is 2.37. The summed E-state index contributed by atoms with van der Waals surface area (Å²) in [6.07, 6.45) is 4.35. The molecule has 0 saturated carbocycles. The second kappa shape index (κ2) is 4.75. The molecule has 82 valence electrons. The molecular weight excluding hydrogens is 200 g/mol. The van der Waals surface area contributed by atoms with E-state index in [4.69, 9.17) is 0 Å². The molecule has 2 aromatic rings. The highest BCUT2D eigenvalue weighted by molar-refractivity contribution is 5.75. The summed E-state index contributed by atoms with van der Waals surface area (Å²) >= 11 is 0. The summed E-state index contributed by atoms with van der Waals surface area (Å²) in [4.78, 5) is 10.8. The van der Waals surface area contributed by atoms with Gasteiger partial charge in [0, 0.05) is 13.2 Å². The molecule has 3 heteroatoms. The lowest BCUT2D eigenvalue weighted by Gasteiger charge is -1.99. The SMILES string of the molecule is Cn1cc(C=O)c(CCc2ccccc2)n1. The van der Waals surface area contributed by atoms with Crippen molar-refractivity contribution in [3.63, 3.8) is 0 Å². The van der Waals surface area contributed by atoms with Crippen molar-refractivity contribution >= 4 is 6.29 Å². The summed E-state index contributed by atoms with van der Waals surface area (Å²) in [5.41, 5.74) is 2.84. The predicted molar refractivity (Wildman–Crippen MR) is 62.4 cm³/mol. The maximum absolute atomic E-state index is 10.8. The maximum Gasteiger partial charge on any atom is 0.153 e. The van der Waals surface area contributed by atoms with E-state index in [0.29, 0.717) is 5.56 Å². The van der Waals surface area contributed by atoms with Crippen molar-refractivity contribution in [1.29, 1.82) is 0 Å². The first-order chi connectivity index (χ1) is 7.79. The van der Waals surface area contributed by atoms with Crippen LogP contribution in [0, 0.1) is 0 Å². The number of hydrogen-bond acceptors (Lipinski definition) is 2. The Morgan fingerprint density at radius 2 is 2.00 bits per heavy atom. The molecule has 1 aromatic carbocycles. The minimum Gasteiger partial charge on any atom is -0.298 e. The molecular formula is C13H14N2O. The van der Waals surface area contributed by atoms with Gasteiger partial charge < -0.3 is 0 Å². The van der Waals surface area contributed by atoms with Gasteiger partial charge >= 0.3 is 0 Å². The van der Waals surface area contributed by atoms with Crippen LogP contribution in [0.15, 0.2) is 36.5 Å². The minimum absolute atomic E-state index is 0.693. The molecule has 0 atom stereocenters. The van der Waals surface area contributed by atoms with Crippen molar-refractivity contribution in [2.24, 2.45) is 7.05 Å². The normalized spacial score (nSPS) is 10.3. The molecule has 0 bridgehead atoms. The molecule has 0 aliphatic carbocycles. The van der Waals surface area contributed by atoms with Crippen LogP contribution in [-0.2, 0) is 19.9 Å². The van der Waals surface area contributed by atoms with Gasteiger partial charge in [0.2, 0.25) is 0 Å². The summed E-state index contributed by atoms with van der Waals surface area (Å²) in [5, 5.41) is 4.28. The third-order valence-electron chi connectivity index (χ3n) is 2.56. The van der Waals surface area contributed by atoms with Gasteiger partial charge in [-0.05, 0) is 18.4 Å². The highest BCUT2D eigenvalue weighted by Gasteiger charge is 2.06.